The highest BCUT2D eigenvalue weighted by Crippen LogP contribution is 2.30. The molecule has 0 bridgehead atoms. The average Bonchev–Trinajstić information content (AvgIpc) is 3.32. The molecule has 4 nitrogen and oxygen atoms in total. The summed E-state index contributed by atoms with van der Waals surface area (Å²) in [7, 11) is 0. The monoisotopic (exact) mass is 365 g/mol. The van der Waals surface area contributed by atoms with Gasteiger partial charge in [0.05, 0.1) is 18.8 Å². The molecule has 1 N–H and O–H groups in total. The van der Waals surface area contributed by atoms with Gasteiger partial charge in [-0.1, -0.05) is 36.4 Å². The standard InChI is InChI=1S/C21H23N3OS/c25-21(12-11-17-8-5-13-26-17)23-19-9-4-10-20-18(19)14-22-24(20)15-16-6-2-1-3-7-16/h1-3,5-8,13-14,19H,4,9-12,15H2,(H,23,25). The Morgan fingerprint density at radius 1 is 1.23 bits per heavy atom. The second-order valence-corrected chi connectivity index (χ2v) is 7.81. The van der Waals surface area contributed by atoms with Crippen molar-refractivity contribution in [1.82, 2.24) is 15.1 Å². The zero-order chi connectivity index (χ0) is 17.8. The molecule has 0 aliphatic heterocycles. The normalized spacial score (nSPS) is 16.2. The van der Waals surface area contributed by atoms with Gasteiger partial charge in [-0.3, -0.25) is 9.48 Å². The third kappa shape index (κ3) is 3.88. The predicted molar refractivity (Wildman–Crippen MR) is 104 cm³/mol. The van der Waals surface area contributed by atoms with Gasteiger partial charge in [-0.2, -0.15) is 5.10 Å². The summed E-state index contributed by atoms with van der Waals surface area (Å²) in [5, 5.41) is 9.89. The van der Waals surface area contributed by atoms with Crippen molar-refractivity contribution in [3.05, 3.63) is 75.7 Å². The fourth-order valence-electron chi connectivity index (χ4n) is 3.62. The molecule has 1 aliphatic carbocycles. The number of rotatable bonds is 6. The number of hydrogen-bond acceptors (Lipinski definition) is 3. The molecule has 26 heavy (non-hydrogen) atoms. The molecular formula is C21H23N3OS. The maximum atomic E-state index is 12.4. The van der Waals surface area contributed by atoms with Crippen molar-refractivity contribution in [1.29, 1.82) is 0 Å². The fraction of sp³-hybridized carbons (Fsp3) is 0.333. The van der Waals surface area contributed by atoms with E-state index >= 15 is 0 Å². The first-order chi connectivity index (χ1) is 12.8. The molecule has 2 heterocycles. The number of carbonyl (C=O) groups is 1. The SMILES string of the molecule is O=C(CCc1cccs1)NC1CCCc2c1cnn2Cc1ccccc1. The Kier molecular flexibility index (Phi) is 5.16. The van der Waals surface area contributed by atoms with E-state index in [1.165, 1.54) is 21.7 Å². The van der Waals surface area contributed by atoms with Crippen LogP contribution in [0.3, 0.4) is 0 Å². The van der Waals surface area contributed by atoms with Crippen LogP contribution in [0.1, 0.15) is 47.0 Å². The van der Waals surface area contributed by atoms with Crippen molar-refractivity contribution in [2.24, 2.45) is 0 Å². The lowest BCUT2D eigenvalue weighted by Crippen LogP contribution is -2.31. The average molecular weight is 366 g/mol. The number of fused-ring (bicyclic) bond motifs is 1. The molecule has 0 saturated carbocycles. The molecule has 0 fully saturated rings. The van der Waals surface area contributed by atoms with E-state index in [4.69, 9.17) is 0 Å². The van der Waals surface area contributed by atoms with Crippen molar-refractivity contribution in [2.75, 3.05) is 0 Å². The highest BCUT2D eigenvalue weighted by molar-refractivity contribution is 7.09. The van der Waals surface area contributed by atoms with E-state index in [-0.39, 0.29) is 11.9 Å². The number of aromatic nitrogens is 2. The Labute approximate surface area is 157 Å². The summed E-state index contributed by atoms with van der Waals surface area (Å²) in [5.74, 6) is 0.132. The van der Waals surface area contributed by atoms with Crippen molar-refractivity contribution in [2.45, 2.75) is 44.7 Å². The molecule has 0 radical (unpaired) electrons. The van der Waals surface area contributed by atoms with E-state index in [2.05, 4.69) is 50.8 Å². The predicted octanol–water partition coefficient (Wildman–Crippen LogP) is 4.12. The van der Waals surface area contributed by atoms with Crippen LogP contribution in [0.5, 0.6) is 0 Å². The number of aryl methyl sites for hydroxylation is 1. The lowest BCUT2D eigenvalue weighted by atomic mass is 9.92. The first-order valence-corrected chi connectivity index (χ1v) is 10.1. The van der Waals surface area contributed by atoms with Crippen LogP contribution < -0.4 is 5.32 Å². The Morgan fingerprint density at radius 2 is 2.12 bits per heavy atom. The van der Waals surface area contributed by atoms with Gasteiger partial charge in [-0.05, 0) is 42.7 Å². The Morgan fingerprint density at radius 3 is 2.92 bits per heavy atom. The first-order valence-electron chi connectivity index (χ1n) is 9.20. The van der Waals surface area contributed by atoms with Gasteiger partial charge in [0.1, 0.15) is 0 Å². The van der Waals surface area contributed by atoms with E-state index in [1.54, 1.807) is 11.3 Å². The van der Waals surface area contributed by atoms with E-state index in [0.29, 0.717) is 6.42 Å². The van der Waals surface area contributed by atoms with Crippen LogP contribution in [0, 0.1) is 0 Å². The van der Waals surface area contributed by atoms with Gasteiger partial charge < -0.3 is 5.32 Å². The summed E-state index contributed by atoms with van der Waals surface area (Å²) in [6, 6.07) is 14.6. The van der Waals surface area contributed by atoms with Crippen molar-refractivity contribution in [3.63, 3.8) is 0 Å². The van der Waals surface area contributed by atoms with Crippen LogP contribution in [-0.2, 0) is 24.2 Å². The minimum absolute atomic E-state index is 0.0964. The van der Waals surface area contributed by atoms with Crippen LogP contribution in [-0.4, -0.2) is 15.7 Å². The van der Waals surface area contributed by atoms with Crippen LogP contribution in [0.4, 0.5) is 0 Å². The summed E-state index contributed by atoms with van der Waals surface area (Å²) in [5.41, 5.74) is 3.71. The minimum Gasteiger partial charge on any atom is -0.349 e. The third-order valence-electron chi connectivity index (χ3n) is 4.95. The van der Waals surface area contributed by atoms with Gasteiger partial charge in [-0.15, -0.1) is 11.3 Å². The van der Waals surface area contributed by atoms with Crippen LogP contribution in [0.15, 0.2) is 54.0 Å². The molecule has 5 heteroatoms. The third-order valence-corrected chi connectivity index (χ3v) is 5.89. The van der Waals surface area contributed by atoms with E-state index in [1.807, 2.05) is 18.3 Å². The molecule has 134 valence electrons. The maximum absolute atomic E-state index is 12.4. The number of nitrogens with one attached hydrogen (secondary N) is 1. The summed E-state index contributed by atoms with van der Waals surface area (Å²) in [4.78, 5) is 13.6. The second-order valence-electron chi connectivity index (χ2n) is 6.78. The zero-order valence-corrected chi connectivity index (χ0v) is 15.5. The topological polar surface area (TPSA) is 46.9 Å². The van der Waals surface area contributed by atoms with Gasteiger partial charge in [-0.25, -0.2) is 0 Å². The van der Waals surface area contributed by atoms with Gasteiger partial charge in [0.15, 0.2) is 0 Å². The van der Waals surface area contributed by atoms with Gasteiger partial charge in [0.25, 0.3) is 0 Å². The largest absolute Gasteiger partial charge is 0.349 e. The zero-order valence-electron chi connectivity index (χ0n) is 14.7. The number of carbonyl (C=O) groups excluding carboxylic acids is 1. The Hall–Kier alpha value is -2.40. The molecular weight excluding hydrogens is 342 g/mol. The summed E-state index contributed by atoms with van der Waals surface area (Å²) in [6.45, 7) is 0.787. The fourth-order valence-corrected chi connectivity index (χ4v) is 4.33. The molecule has 1 atom stereocenters. The molecule has 1 unspecified atom stereocenters. The number of amides is 1. The van der Waals surface area contributed by atoms with Crippen LogP contribution >= 0.6 is 11.3 Å². The van der Waals surface area contributed by atoms with Gasteiger partial charge in [0, 0.05) is 22.6 Å². The maximum Gasteiger partial charge on any atom is 0.220 e. The molecule has 2 aromatic heterocycles. The highest BCUT2D eigenvalue weighted by atomic mass is 32.1. The van der Waals surface area contributed by atoms with Gasteiger partial charge in [0.2, 0.25) is 5.91 Å². The van der Waals surface area contributed by atoms with Crippen molar-refractivity contribution < 1.29 is 4.79 Å². The number of hydrogen-bond donors (Lipinski definition) is 1. The van der Waals surface area contributed by atoms with Crippen LogP contribution in [0.25, 0.3) is 0 Å². The van der Waals surface area contributed by atoms with Gasteiger partial charge >= 0.3 is 0 Å². The number of thiophene rings is 1. The second kappa shape index (κ2) is 7.87. The molecule has 0 spiro atoms. The Bertz CT molecular complexity index is 855. The molecule has 3 aromatic rings. The highest BCUT2D eigenvalue weighted by Gasteiger charge is 2.25. The summed E-state index contributed by atoms with van der Waals surface area (Å²) in [6.07, 6.45) is 6.42. The smallest absolute Gasteiger partial charge is 0.220 e. The quantitative estimate of drug-likeness (QED) is 0.714. The molecule has 1 aromatic carbocycles. The molecule has 1 amide bonds. The summed E-state index contributed by atoms with van der Waals surface area (Å²) >= 11 is 1.71. The number of nitrogens with zero attached hydrogens (tertiary/aromatic N) is 2. The first kappa shape index (κ1) is 17.0. The molecule has 0 saturated heterocycles. The number of benzene rings is 1. The van der Waals surface area contributed by atoms with Crippen LogP contribution in [0.2, 0.25) is 0 Å². The molecule has 1 aliphatic rings. The van der Waals surface area contributed by atoms with E-state index in [9.17, 15) is 4.79 Å². The van der Waals surface area contributed by atoms with Crippen molar-refractivity contribution >= 4 is 17.2 Å². The Balaban J connectivity index is 1.41. The minimum atomic E-state index is 0.0964. The summed E-state index contributed by atoms with van der Waals surface area (Å²) < 4.78 is 2.09. The lowest BCUT2D eigenvalue weighted by Gasteiger charge is -2.24. The lowest BCUT2D eigenvalue weighted by molar-refractivity contribution is -0.121. The van der Waals surface area contributed by atoms with E-state index in [0.717, 1.165) is 32.2 Å². The van der Waals surface area contributed by atoms with E-state index < -0.39 is 0 Å². The molecule has 4 rings (SSSR count). The van der Waals surface area contributed by atoms with Crippen molar-refractivity contribution in [3.8, 4) is 0 Å².